The maximum Gasteiger partial charge on any atom is 0.251 e. The predicted octanol–water partition coefficient (Wildman–Crippen LogP) is 2.27. The van der Waals surface area contributed by atoms with Crippen molar-refractivity contribution in [3.63, 3.8) is 0 Å². The zero-order valence-corrected chi connectivity index (χ0v) is 12.9. The molecule has 0 aromatic carbocycles. The summed E-state index contributed by atoms with van der Waals surface area (Å²) in [6.07, 6.45) is 6.72. The van der Waals surface area contributed by atoms with Gasteiger partial charge in [0.1, 0.15) is 7.28 Å². The molecule has 0 aromatic rings. The largest absolute Gasteiger partial charge is 0.354 e. The molecule has 111 valence electrons. The smallest absolute Gasteiger partial charge is 0.251 e. The Balaban J connectivity index is 4.79. The Hall–Kier alpha value is -1.33. The second-order valence-corrected chi connectivity index (χ2v) is 4.23. The fraction of sp³-hybridized carbons (Fsp3) is 0.533. The van der Waals surface area contributed by atoms with Crippen LogP contribution in [0.1, 0.15) is 19.8 Å². The minimum Gasteiger partial charge on any atom is -0.354 e. The number of hydrogen-bond donors (Lipinski definition) is 1. The topological polar surface area (TPSA) is 47.6 Å². The van der Waals surface area contributed by atoms with Crippen LogP contribution in [-0.2, 0) is 14.3 Å². The van der Waals surface area contributed by atoms with Gasteiger partial charge < -0.3 is 14.8 Å². The van der Waals surface area contributed by atoms with E-state index in [4.69, 9.17) is 9.47 Å². The average Bonchev–Trinajstić information content (AvgIpc) is 2.46. The van der Waals surface area contributed by atoms with Gasteiger partial charge in [-0.25, -0.2) is 0 Å². The van der Waals surface area contributed by atoms with Crippen LogP contribution in [0.2, 0.25) is 6.82 Å². The lowest BCUT2D eigenvalue weighted by Gasteiger charge is -2.14. The molecule has 0 aliphatic heterocycles. The predicted molar refractivity (Wildman–Crippen MR) is 83.7 cm³/mol. The molecule has 4 nitrogen and oxygen atoms in total. The molecule has 1 radical (unpaired) electrons. The number of hydrogen-bond acceptors (Lipinski definition) is 3. The molecule has 1 N–H and O–H groups in total. The summed E-state index contributed by atoms with van der Waals surface area (Å²) in [5.74, 6) is -0.167. The molecule has 1 amide bonds. The highest BCUT2D eigenvalue weighted by atomic mass is 16.7. The highest BCUT2D eigenvalue weighted by Gasteiger charge is 2.11. The van der Waals surface area contributed by atoms with Crippen LogP contribution in [0.25, 0.3) is 0 Å². The van der Waals surface area contributed by atoms with Gasteiger partial charge in [-0.2, -0.15) is 0 Å². The third-order valence-electron chi connectivity index (χ3n) is 2.77. The quantitative estimate of drug-likeness (QED) is 0.288. The maximum atomic E-state index is 12.1. The molecule has 0 aromatic heterocycles. The van der Waals surface area contributed by atoms with Crippen LogP contribution in [0.5, 0.6) is 0 Å². The van der Waals surface area contributed by atoms with Gasteiger partial charge in [-0.1, -0.05) is 45.0 Å². The van der Waals surface area contributed by atoms with Crippen LogP contribution >= 0.6 is 0 Å². The van der Waals surface area contributed by atoms with Crippen LogP contribution in [0.3, 0.4) is 0 Å². The molecular formula is C15H25BNO3. The summed E-state index contributed by atoms with van der Waals surface area (Å²) in [5.41, 5.74) is 1.71. The average molecular weight is 278 g/mol. The standard InChI is InChI=1S/C15H25BNO3/c1-6-8-12(10-13(16-3)9-7-2)15(18)17-11-14(19-4)20-5/h6,8,10,14H,1,7,9,11H2,2-5H3,(H,17,18)/b12-8+,13-10+. The Morgan fingerprint density at radius 3 is 2.50 bits per heavy atom. The van der Waals surface area contributed by atoms with Crippen molar-refractivity contribution in [3.8, 4) is 0 Å². The fourth-order valence-corrected chi connectivity index (χ4v) is 1.65. The highest BCUT2D eigenvalue weighted by Crippen LogP contribution is 2.09. The minimum atomic E-state index is -0.444. The van der Waals surface area contributed by atoms with Crippen molar-refractivity contribution in [2.45, 2.75) is 32.9 Å². The SMILES string of the molecule is C=C/C=C(\C=C(\[B]C)CCC)C(=O)NCC(OC)OC. The molecule has 0 bridgehead atoms. The van der Waals surface area contributed by atoms with Gasteiger partial charge in [0.05, 0.1) is 6.54 Å². The first kappa shape index (κ1) is 18.7. The normalized spacial score (nSPS) is 12.4. The van der Waals surface area contributed by atoms with Crippen molar-refractivity contribution in [1.29, 1.82) is 0 Å². The van der Waals surface area contributed by atoms with E-state index in [1.807, 2.05) is 20.2 Å². The summed E-state index contributed by atoms with van der Waals surface area (Å²) in [7, 11) is 5.08. The second-order valence-electron chi connectivity index (χ2n) is 4.23. The van der Waals surface area contributed by atoms with Crippen molar-refractivity contribution in [2.24, 2.45) is 0 Å². The second kappa shape index (κ2) is 11.5. The number of ether oxygens (including phenoxy) is 2. The van der Waals surface area contributed by atoms with Crippen LogP contribution in [0, 0.1) is 0 Å². The number of methoxy groups -OCH3 is 2. The fourth-order valence-electron chi connectivity index (χ4n) is 1.65. The zero-order chi connectivity index (χ0) is 15.4. The van der Waals surface area contributed by atoms with E-state index in [1.54, 1.807) is 12.2 Å². The van der Waals surface area contributed by atoms with E-state index in [1.165, 1.54) is 14.2 Å². The number of allylic oxidation sites excluding steroid dienone is 3. The molecule has 0 fully saturated rings. The zero-order valence-electron chi connectivity index (χ0n) is 12.9. The molecule has 0 unspecified atom stereocenters. The van der Waals surface area contributed by atoms with Crippen molar-refractivity contribution in [2.75, 3.05) is 20.8 Å². The van der Waals surface area contributed by atoms with Gasteiger partial charge in [0.25, 0.3) is 5.91 Å². The van der Waals surface area contributed by atoms with Gasteiger partial charge in [-0.15, -0.1) is 5.47 Å². The van der Waals surface area contributed by atoms with Crippen molar-refractivity contribution in [3.05, 3.63) is 35.9 Å². The molecule has 0 aliphatic carbocycles. The van der Waals surface area contributed by atoms with Crippen molar-refractivity contribution >= 4 is 13.2 Å². The lowest BCUT2D eigenvalue weighted by Crippen LogP contribution is -2.34. The van der Waals surface area contributed by atoms with E-state index in [0.29, 0.717) is 12.1 Å². The highest BCUT2D eigenvalue weighted by molar-refractivity contribution is 6.43. The van der Waals surface area contributed by atoms with Gasteiger partial charge in [0.2, 0.25) is 0 Å². The molecule has 0 atom stereocenters. The third kappa shape index (κ3) is 7.31. The van der Waals surface area contributed by atoms with Gasteiger partial charge >= 0.3 is 0 Å². The third-order valence-corrected chi connectivity index (χ3v) is 2.77. The lowest BCUT2D eigenvalue weighted by atomic mass is 9.69. The first-order chi connectivity index (χ1) is 9.62. The van der Waals surface area contributed by atoms with Crippen LogP contribution in [-0.4, -0.2) is 40.2 Å². The van der Waals surface area contributed by atoms with Crippen LogP contribution in [0.4, 0.5) is 0 Å². The van der Waals surface area contributed by atoms with E-state index >= 15 is 0 Å². The number of carbonyl (C=O) groups excluding carboxylic acids is 1. The summed E-state index contributed by atoms with van der Waals surface area (Å²) in [4.78, 5) is 12.1. The molecule has 5 heteroatoms. The summed E-state index contributed by atoms with van der Waals surface area (Å²) >= 11 is 0. The van der Waals surface area contributed by atoms with E-state index in [-0.39, 0.29) is 5.91 Å². The molecule has 20 heavy (non-hydrogen) atoms. The Labute approximate surface area is 123 Å². The molecular weight excluding hydrogens is 253 g/mol. The molecule has 0 aliphatic rings. The van der Waals surface area contributed by atoms with Gasteiger partial charge in [-0.05, 0) is 6.42 Å². The first-order valence-corrected chi connectivity index (χ1v) is 6.79. The number of carbonyl (C=O) groups is 1. The van der Waals surface area contributed by atoms with Gasteiger partial charge in [-0.3, -0.25) is 4.79 Å². The molecule has 0 heterocycles. The maximum absolute atomic E-state index is 12.1. The minimum absolute atomic E-state index is 0.167. The van der Waals surface area contributed by atoms with E-state index in [9.17, 15) is 4.79 Å². The van der Waals surface area contributed by atoms with E-state index in [2.05, 4.69) is 18.8 Å². The van der Waals surface area contributed by atoms with Gasteiger partial charge in [0, 0.05) is 19.8 Å². The van der Waals surface area contributed by atoms with Crippen molar-refractivity contribution < 1.29 is 14.3 Å². The number of rotatable bonds is 10. The molecule has 0 rings (SSSR count). The Morgan fingerprint density at radius 1 is 1.40 bits per heavy atom. The van der Waals surface area contributed by atoms with Crippen LogP contribution < -0.4 is 5.32 Å². The van der Waals surface area contributed by atoms with E-state index in [0.717, 1.165) is 18.3 Å². The summed E-state index contributed by atoms with van der Waals surface area (Å²) in [6, 6.07) is 0. The van der Waals surface area contributed by atoms with E-state index < -0.39 is 6.29 Å². The Morgan fingerprint density at radius 2 is 2.05 bits per heavy atom. The Kier molecular flexibility index (Phi) is 10.7. The molecule has 0 spiro atoms. The first-order valence-electron chi connectivity index (χ1n) is 6.79. The Bertz CT molecular complexity index is 360. The van der Waals surface area contributed by atoms with Crippen LogP contribution in [0.15, 0.2) is 35.9 Å². The van der Waals surface area contributed by atoms with Crippen molar-refractivity contribution in [1.82, 2.24) is 5.32 Å². The molecule has 0 saturated carbocycles. The summed E-state index contributed by atoms with van der Waals surface area (Å²) < 4.78 is 10.1. The number of amides is 1. The summed E-state index contributed by atoms with van der Waals surface area (Å²) in [6.45, 7) is 8.02. The van der Waals surface area contributed by atoms with Gasteiger partial charge in [0.15, 0.2) is 6.29 Å². The summed E-state index contributed by atoms with van der Waals surface area (Å²) in [5, 5.41) is 2.78. The monoisotopic (exact) mass is 278 g/mol. The lowest BCUT2D eigenvalue weighted by molar-refractivity contribution is -0.124. The molecule has 0 saturated heterocycles. The number of nitrogens with one attached hydrogen (secondary N) is 1.